The summed E-state index contributed by atoms with van der Waals surface area (Å²) in [5.41, 5.74) is 10.1. The van der Waals surface area contributed by atoms with E-state index in [0.29, 0.717) is 69.0 Å². The van der Waals surface area contributed by atoms with Gasteiger partial charge in [-0.1, -0.05) is 0 Å². The number of anilines is 2. The van der Waals surface area contributed by atoms with Gasteiger partial charge in [-0.2, -0.15) is 0 Å². The van der Waals surface area contributed by atoms with Crippen LogP contribution in [0.15, 0.2) is 24.4 Å². The zero-order valence-electron chi connectivity index (χ0n) is 24.2. The highest BCUT2D eigenvalue weighted by molar-refractivity contribution is 6.06. The minimum atomic E-state index is -0.694. The van der Waals surface area contributed by atoms with Crippen molar-refractivity contribution < 1.29 is 19.8 Å². The van der Waals surface area contributed by atoms with Crippen molar-refractivity contribution in [1.82, 2.24) is 24.8 Å². The predicted molar refractivity (Wildman–Crippen MR) is 158 cm³/mol. The van der Waals surface area contributed by atoms with Gasteiger partial charge in [-0.15, -0.1) is 5.10 Å². The highest BCUT2D eigenvalue weighted by Crippen LogP contribution is 2.42. The molecule has 1 saturated heterocycles. The summed E-state index contributed by atoms with van der Waals surface area (Å²) in [5.74, 6) is 0.399. The number of aliphatic hydroxyl groups is 2. The third-order valence-electron chi connectivity index (χ3n) is 9.75. The number of hydrogen-bond donors (Lipinski definition) is 4. The fourth-order valence-electron chi connectivity index (χ4n) is 6.94. The molecular weight excluding hydrogens is 534 g/mol. The van der Waals surface area contributed by atoms with E-state index < -0.39 is 11.7 Å². The molecule has 0 bridgehead atoms. The summed E-state index contributed by atoms with van der Waals surface area (Å²) < 4.78 is 1.52. The largest absolute Gasteiger partial charge is 0.391 e. The van der Waals surface area contributed by atoms with Crippen LogP contribution in [0, 0.1) is 5.92 Å². The lowest BCUT2D eigenvalue weighted by Crippen LogP contribution is -2.42. The number of carbonyl (C=O) groups is 2. The van der Waals surface area contributed by atoms with Crippen LogP contribution in [0.2, 0.25) is 0 Å². The predicted octanol–water partition coefficient (Wildman–Crippen LogP) is 2.73. The number of nitrogens with one attached hydrogen (secondary N) is 1. The lowest BCUT2D eigenvalue weighted by molar-refractivity contribution is 0.0140. The van der Waals surface area contributed by atoms with Crippen molar-refractivity contribution in [2.75, 3.05) is 23.7 Å². The molecule has 3 fully saturated rings. The van der Waals surface area contributed by atoms with Gasteiger partial charge in [0.05, 0.1) is 28.6 Å². The fraction of sp³-hybridized carbons (Fsp3) is 0.548. The van der Waals surface area contributed by atoms with Crippen LogP contribution in [0.4, 0.5) is 11.5 Å². The van der Waals surface area contributed by atoms with Gasteiger partial charge in [0, 0.05) is 43.5 Å². The minimum absolute atomic E-state index is 0.0520. The molecule has 0 radical (unpaired) electrons. The number of benzene rings is 1. The fourth-order valence-corrected chi connectivity index (χ4v) is 6.94. The van der Waals surface area contributed by atoms with Gasteiger partial charge in [0.25, 0.3) is 11.8 Å². The zero-order valence-corrected chi connectivity index (χ0v) is 24.2. The lowest BCUT2D eigenvalue weighted by atomic mass is 9.83. The summed E-state index contributed by atoms with van der Waals surface area (Å²) in [6.45, 7) is 5.68. The average Bonchev–Trinajstić information content (AvgIpc) is 3.51. The second-order valence-electron chi connectivity index (χ2n) is 13.0. The first kappa shape index (κ1) is 27.2. The lowest BCUT2D eigenvalue weighted by Gasteiger charge is -2.33. The first-order chi connectivity index (χ1) is 20.1. The summed E-state index contributed by atoms with van der Waals surface area (Å²) in [6.07, 6.45) is 6.93. The third-order valence-corrected chi connectivity index (χ3v) is 9.75. The topological polar surface area (TPSA) is 149 Å². The number of rotatable bonds is 6. The van der Waals surface area contributed by atoms with Crippen molar-refractivity contribution in [3.05, 3.63) is 41.1 Å². The summed E-state index contributed by atoms with van der Waals surface area (Å²) >= 11 is 0. The molecule has 2 aromatic heterocycles. The molecule has 11 heteroatoms. The Bertz CT molecular complexity index is 1570. The molecule has 0 unspecified atom stereocenters. The van der Waals surface area contributed by atoms with Gasteiger partial charge in [-0.3, -0.25) is 9.59 Å². The van der Waals surface area contributed by atoms with Crippen LogP contribution in [-0.2, 0) is 6.54 Å². The number of carbonyl (C=O) groups excluding carboxylic acids is 2. The number of fused-ring (bicyclic) bond motifs is 2. The summed E-state index contributed by atoms with van der Waals surface area (Å²) in [5, 5.41) is 28.0. The maximum absolute atomic E-state index is 13.7. The summed E-state index contributed by atoms with van der Waals surface area (Å²) in [7, 11) is 0. The molecule has 7 rings (SSSR count). The van der Waals surface area contributed by atoms with Crippen molar-refractivity contribution >= 4 is 29.0 Å². The van der Waals surface area contributed by atoms with E-state index in [4.69, 9.17) is 10.7 Å². The number of aliphatic hydroxyl groups excluding tert-OH is 1. The molecule has 2 saturated carbocycles. The standard InChI is InChI=1S/C31H39N7O4/c1-17(18-3-4-18)37-15-20-13-19(14-24(25(20)30(37)41)36-11-7-22(39)16-36)23-8-12-38-28(34-23)26(27(32)35-38)29(40)33-21-5-9-31(2,42)10-6-21/h8,12-14,17-18,21-22,39,42H,3-7,9-11,15-16H2,1-2H3,(H2,32,35)(H,33,40)/t17-,21?,22+,31?/m0/s1. The molecular formula is C31H39N7O4. The Hall–Kier alpha value is -3.70. The normalized spacial score (nSPS) is 26.6. The van der Waals surface area contributed by atoms with E-state index in [1.54, 1.807) is 6.20 Å². The van der Waals surface area contributed by atoms with Gasteiger partial charge >= 0.3 is 0 Å². The van der Waals surface area contributed by atoms with Crippen LogP contribution in [0.5, 0.6) is 0 Å². The Morgan fingerprint density at radius 3 is 2.64 bits per heavy atom. The molecule has 2 aliphatic heterocycles. The number of nitrogen functional groups attached to an aromatic ring is 1. The molecule has 4 heterocycles. The molecule has 3 aromatic rings. The van der Waals surface area contributed by atoms with Gasteiger partial charge in [0.1, 0.15) is 5.56 Å². The smallest absolute Gasteiger partial charge is 0.259 e. The van der Waals surface area contributed by atoms with Crippen LogP contribution in [0.1, 0.15) is 85.1 Å². The van der Waals surface area contributed by atoms with Gasteiger partial charge in [-0.05, 0) is 88.5 Å². The maximum atomic E-state index is 13.7. The Morgan fingerprint density at radius 2 is 1.95 bits per heavy atom. The van der Waals surface area contributed by atoms with E-state index in [-0.39, 0.29) is 35.3 Å². The van der Waals surface area contributed by atoms with Crippen molar-refractivity contribution in [1.29, 1.82) is 0 Å². The monoisotopic (exact) mass is 573 g/mol. The van der Waals surface area contributed by atoms with E-state index in [1.807, 2.05) is 30.0 Å². The van der Waals surface area contributed by atoms with E-state index in [2.05, 4.69) is 22.2 Å². The van der Waals surface area contributed by atoms with Crippen molar-refractivity contribution in [3.8, 4) is 11.3 Å². The Kier molecular flexibility index (Phi) is 6.43. The molecule has 222 valence electrons. The second-order valence-corrected chi connectivity index (χ2v) is 13.0. The molecule has 2 aliphatic carbocycles. The third kappa shape index (κ3) is 4.78. The summed E-state index contributed by atoms with van der Waals surface area (Å²) in [4.78, 5) is 36.1. The first-order valence-corrected chi connectivity index (χ1v) is 15.2. The van der Waals surface area contributed by atoms with Crippen molar-refractivity contribution in [3.63, 3.8) is 0 Å². The quantitative estimate of drug-likeness (QED) is 0.352. The number of amides is 2. The van der Waals surface area contributed by atoms with Crippen LogP contribution >= 0.6 is 0 Å². The Balaban J connectivity index is 1.24. The molecule has 11 nitrogen and oxygen atoms in total. The molecule has 2 amide bonds. The van der Waals surface area contributed by atoms with Gasteiger partial charge in [-0.25, -0.2) is 9.50 Å². The highest BCUT2D eigenvalue weighted by Gasteiger charge is 2.41. The average molecular weight is 574 g/mol. The second kappa shape index (κ2) is 9.95. The maximum Gasteiger partial charge on any atom is 0.259 e. The molecule has 0 spiro atoms. The van der Waals surface area contributed by atoms with E-state index in [9.17, 15) is 19.8 Å². The van der Waals surface area contributed by atoms with Gasteiger partial charge in [0.15, 0.2) is 11.5 Å². The zero-order chi connectivity index (χ0) is 29.3. The number of β-amino-alcohol motifs (C(OH)–C–C–N with tert-alkyl or cyclic N) is 1. The van der Waals surface area contributed by atoms with E-state index in [0.717, 1.165) is 35.2 Å². The molecule has 1 aromatic carbocycles. The first-order valence-electron chi connectivity index (χ1n) is 15.2. The molecule has 4 aliphatic rings. The van der Waals surface area contributed by atoms with E-state index >= 15 is 0 Å². The van der Waals surface area contributed by atoms with Crippen LogP contribution < -0.4 is 16.0 Å². The van der Waals surface area contributed by atoms with Gasteiger partial charge in [0.2, 0.25) is 0 Å². The Labute approximate surface area is 244 Å². The van der Waals surface area contributed by atoms with Crippen molar-refractivity contribution in [2.45, 2.75) is 89.1 Å². The Morgan fingerprint density at radius 1 is 1.19 bits per heavy atom. The van der Waals surface area contributed by atoms with E-state index in [1.165, 1.54) is 4.52 Å². The van der Waals surface area contributed by atoms with Crippen LogP contribution in [0.3, 0.4) is 0 Å². The number of nitrogens with two attached hydrogens (primary N) is 1. The van der Waals surface area contributed by atoms with Crippen LogP contribution in [-0.4, -0.2) is 78.4 Å². The SMILES string of the molecule is C[C@@H](C1CC1)N1Cc2cc(-c3ccn4nc(N)c(C(=O)NC5CCC(C)(O)CC5)c4n3)cc(N3CC[C@@H](O)C3)c2C1=O. The molecule has 42 heavy (non-hydrogen) atoms. The minimum Gasteiger partial charge on any atom is -0.391 e. The van der Waals surface area contributed by atoms with Gasteiger partial charge < -0.3 is 31.1 Å². The molecule has 5 N–H and O–H groups in total. The number of hydrogen-bond acceptors (Lipinski definition) is 8. The number of aromatic nitrogens is 3. The van der Waals surface area contributed by atoms with Crippen LogP contribution in [0.25, 0.3) is 16.9 Å². The highest BCUT2D eigenvalue weighted by atomic mass is 16.3. The van der Waals surface area contributed by atoms with Crippen molar-refractivity contribution in [2.24, 2.45) is 5.92 Å². The molecule has 2 atom stereocenters. The summed E-state index contributed by atoms with van der Waals surface area (Å²) in [6, 6.07) is 6.01. The number of nitrogens with zero attached hydrogens (tertiary/aromatic N) is 5.